The van der Waals surface area contributed by atoms with Crippen LogP contribution in [0.15, 0.2) is 66.9 Å². The highest BCUT2D eigenvalue weighted by Gasteiger charge is 2.26. The van der Waals surface area contributed by atoms with E-state index in [0.29, 0.717) is 22.6 Å². The number of nitrogens with zero attached hydrogens (tertiary/aromatic N) is 3. The van der Waals surface area contributed by atoms with Gasteiger partial charge in [0.1, 0.15) is 17.3 Å². The highest BCUT2D eigenvalue weighted by Crippen LogP contribution is 2.38. The van der Waals surface area contributed by atoms with Gasteiger partial charge in [-0.25, -0.2) is 9.18 Å². The molecule has 5 rings (SSSR count). The third-order valence-corrected chi connectivity index (χ3v) is 6.77. The Kier molecular flexibility index (Phi) is 6.76. The second kappa shape index (κ2) is 10.3. The first-order chi connectivity index (χ1) is 17.9. The molecule has 1 aliphatic rings. The average molecular weight is 502 g/mol. The van der Waals surface area contributed by atoms with Crippen molar-refractivity contribution in [3.63, 3.8) is 0 Å². The summed E-state index contributed by atoms with van der Waals surface area (Å²) in [7, 11) is 1.78. The van der Waals surface area contributed by atoms with E-state index in [-0.39, 0.29) is 36.0 Å². The van der Waals surface area contributed by atoms with Gasteiger partial charge in [0.2, 0.25) is 0 Å². The van der Waals surface area contributed by atoms with Gasteiger partial charge in [-0.3, -0.25) is 4.79 Å². The van der Waals surface area contributed by atoms with E-state index in [4.69, 9.17) is 0 Å². The Morgan fingerprint density at radius 2 is 1.84 bits per heavy atom. The van der Waals surface area contributed by atoms with E-state index in [2.05, 4.69) is 15.7 Å². The monoisotopic (exact) mass is 501 g/mol. The number of hydrogen-bond donors (Lipinski definition) is 3. The van der Waals surface area contributed by atoms with Crippen molar-refractivity contribution in [2.45, 2.75) is 38.1 Å². The quantitative estimate of drug-likeness (QED) is 0.329. The number of rotatable bonds is 6. The van der Waals surface area contributed by atoms with Gasteiger partial charge in [0.25, 0.3) is 5.91 Å². The number of aromatic nitrogens is 3. The molecule has 4 aromatic rings. The molecular formula is C28H28FN5O3. The molecule has 0 bridgehead atoms. The predicted octanol–water partition coefficient (Wildman–Crippen LogP) is 5.40. The van der Waals surface area contributed by atoms with Crippen LogP contribution in [0.2, 0.25) is 0 Å². The van der Waals surface area contributed by atoms with Crippen LogP contribution in [-0.2, 0) is 13.6 Å². The molecule has 1 fully saturated rings. The minimum absolute atomic E-state index is 0.0565. The van der Waals surface area contributed by atoms with Crippen LogP contribution in [-0.4, -0.2) is 31.4 Å². The van der Waals surface area contributed by atoms with Crippen molar-refractivity contribution in [3.8, 4) is 17.0 Å². The second-order valence-electron chi connectivity index (χ2n) is 9.32. The van der Waals surface area contributed by atoms with Gasteiger partial charge in [-0.1, -0.05) is 25.0 Å². The molecule has 0 unspecified atom stereocenters. The van der Waals surface area contributed by atoms with E-state index in [1.165, 1.54) is 22.9 Å². The van der Waals surface area contributed by atoms with Crippen LogP contribution in [0, 0.1) is 5.82 Å². The first kappa shape index (κ1) is 24.3. The summed E-state index contributed by atoms with van der Waals surface area (Å²) >= 11 is 0. The number of aryl methyl sites for hydroxylation is 1. The van der Waals surface area contributed by atoms with Crippen LogP contribution in [0.4, 0.5) is 14.9 Å². The Bertz CT molecular complexity index is 1430. The summed E-state index contributed by atoms with van der Waals surface area (Å²) in [4.78, 5) is 25.6. The fourth-order valence-electron chi connectivity index (χ4n) is 4.78. The van der Waals surface area contributed by atoms with Gasteiger partial charge in [-0.2, -0.15) is 9.78 Å². The van der Waals surface area contributed by atoms with Gasteiger partial charge in [-0.15, -0.1) is 0 Å². The van der Waals surface area contributed by atoms with Crippen molar-refractivity contribution >= 4 is 17.6 Å². The smallest absolute Gasteiger partial charge is 0.342 e. The summed E-state index contributed by atoms with van der Waals surface area (Å²) in [5.41, 5.74) is 3.44. The van der Waals surface area contributed by atoms with Crippen LogP contribution in [0.25, 0.3) is 11.3 Å². The van der Waals surface area contributed by atoms with Crippen molar-refractivity contribution < 1.29 is 19.1 Å². The van der Waals surface area contributed by atoms with E-state index in [0.717, 1.165) is 36.9 Å². The molecule has 9 heteroatoms. The number of carbonyl (C=O) groups is 2. The molecule has 2 aromatic carbocycles. The summed E-state index contributed by atoms with van der Waals surface area (Å²) in [5.74, 6) is -0.478. The summed E-state index contributed by atoms with van der Waals surface area (Å²) in [6.45, 7) is 0.235. The predicted molar refractivity (Wildman–Crippen MR) is 138 cm³/mol. The normalized spacial score (nSPS) is 13.6. The third-order valence-electron chi connectivity index (χ3n) is 6.77. The number of anilines is 1. The molecule has 2 amide bonds. The number of benzene rings is 2. The van der Waals surface area contributed by atoms with Crippen LogP contribution in [0.1, 0.15) is 53.3 Å². The maximum absolute atomic E-state index is 13.2. The molecule has 2 heterocycles. The zero-order chi connectivity index (χ0) is 25.9. The lowest BCUT2D eigenvalue weighted by atomic mass is 10.0. The Labute approximate surface area is 213 Å². The molecule has 37 heavy (non-hydrogen) atoms. The number of amides is 2. The molecule has 8 nitrogen and oxygen atoms in total. The number of phenols is 1. The third kappa shape index (κ3) is 5.25. The lowest BCUT2D eigenvalue weighted by Crippen LogP contribution is -2.30. The van der Waals surface area contributed by atoms with E-state index in [1.807, 2.05) is 6.07 Å². The molecule has 1 saturated carbocycles. The number of halogens is 1. The van der Waals surface area contributed by atoms with E-state index in [1.54, 1.807) is 54.2 Å². The Morgan fingerprint density at radius 3 is 2.51 bits per heavy atom. The van der Waals surface area contributed by atoms with Crippen molar-refractivity contribution in [3.05, 3.63) is 89.6 Å². The number of nitrogens with one attached hydrogen (secondary N) is 2. The van der Waals surface area contributed by atoms with Crippen molar-refractivity contribution in [2.75, 3.05) is 5.32 Å². The van der Waals surface area contributed by atoms with Crippen LogP contribution >= 0.6 is 0 Å². The van der Waals surface area contributed by atoms with Crippen molar-refractivity contribution in [1.29, 1.82) is 0 Å². The maximum Gasteiger partial charge on any atom is 0.342 e. The Morgan fingerprint density at radius 1 is 1.08 bits per heavy atom. The topological polar surface area (TPSA) is 101 Å². The fraction of sp³-hybridized carbons (Fsp3) is 0.250. The van der Waals surface area contributed by atoms with E-state index < -0.39 is 0 Å². The SMILES string of the molecule is Cn1cccc1C(=O)Nc1ccc(-c2cc(C3CCCC3)n(C(=O)NCc3ccc(F)cc3)n2)c(O)c1. The largest absolute Gasteiger partial charge is 0.507 e. The number of aromatic hydroxyl groups is 1. The van der Waals surface area contributed by atoms with Crippen LogP contribution < -0.4 is 10.6 Å². The Hall–Kier alpha value is -4.40. The van der Waals surface area contributed by atoms with Crippen molar-refractivity contribution in [2.24, 2.45) is 7.05 Å². The lowest BCUT2D eigenvalue weighted by molar-refractivity contribution is 0.101. The number of phenolic OH excluding ortho intramolecular Hbond substituents is 1. The van der Waals surface area contributed by atoms with E-state index in [9.17, 15) is 19.1 Å². The molecule has 1 aliphatic carbocycles. The van der Waals surface area contributed by atoms with Gasteiger partial charge in [0.05, 0.1) is 11.4 Å². The van der Waals surface area contributed by atoms with Gasteiger partial charge in [0.15, 0.2) is 0 Å². The first-order valence-corrected chi connectivity index (χ1v) is 12.3. The molecular weight excluding hydrogens is 473 g/mol. The zero-order valence-corrected chi connectivity index (χ0v) is 20.4. The van der Waals surface area contributed by atoms with Crippen molar-refractivity contribution in [1.82, 2.24) is 19.7 Å². The fourth-order valence-corrected chi connectivity index (χ4v) is 4.78. The minimum Gasteiger partial charge on any atom is -0.507 e. The van der Waals surface area contributed by atoms with Crippen LogP contribution in [0.5, 0.6) is 5.75 Å². The summed E-state index contributed by atoms with van der Waals surface area (Å²) in [6.07, 6.45) is 5.88. The summed E-state index contributed by atoms with van der Waals surface area (Å²) in [6, 6.07) is 15.8. The highest BCUT2D eigenvalue weighted by atomic mass is 19.1. The van der Waals surface area contributed by atoms with E-state index >= 15 is 0 Å². The number of hydrogen-bond acceptors (Lipinski definition) is 4. The molecule has 0 spiro atoms. The lowest BCUT2D eigenvalue weighted by Gasteiger charge is -2.12. The molecule has 3 N–H and O–H groups in total. The van der Waals surface area contributed by atoms with Gasteiger partial charge >= 0.3 is 6.03 Å². The molecule has 0 aliphatic heterocycles. The van der Waals surface area contributed by atoms with Gasteiger partial charge in [-0.05, 0) is 60.9 Å². The molecule has 190 valence electrons. The summed E-state index contributed by atoms with van der Waals surface area (Å²) < 4.78 is 16.3. The average Bonchev–Trinajstić information content (AvgIpc) is 3.64. The Balaban J connectivity index is 1.38. The first-order valence-electron chi connectivity index (χ1n) is 12.3. The summed E-state index contributed by atoms with van der Waals surface area (Å²) in [5, 5.41) is 21.0. The maximum atomic E-state index is 13.2. The molecule has 0 atom stereocenters. The molecule has 2 aromatic heterocycles. The molecule has 0 saturated heterocycles. The molecule has 0 radical (unpaired) electrons. The second-order valence-corrected chi connectivity index (χ2v) is 9.32. The minimum atomic E-state index is -0.386. The standard InChI is InChI=1S/C28H28FN5O3/c1-33-14-4-7-24(33)27(36)31-21-12-13-22(26(35)15-21)23-16-25(19-5-2-3-6-19)34(32-23)28(37)30-17-18-8-10-20(29)11-9-18/h4,7-16,19,35H,2-3,5-6,17H2,1H3,(H,30,37)(H,31,36). The zero-order valence-electron chi connectivity index (χ0n) is 20.4. The highest BCUT2D eigenvalue weighted by molar-refractivity contribution is 6.03. The number of carbonyl (C=O) groups excluding carboxylic acids is 2. The van der Waals surface area contributed by atoms with Gasteiger partial charge < -0.3 is 20.3 Å². The van der Waals surface area contributed by atoms with Gasteiger partial charge in [0, 0.05) is 43.0 Å². The van der Waals surface area contributed by atoms with Crippen LogP contribution in [0.3, 0.4) is 0 Å².